The number of hydrogen-bond acceptors (Lipinski definition) is 3. The summed E-state index contributed by atoms with van der Waals surface area (Å²) >= 11 is 0. The number of halogens is 3. The van der Waals surface area contributed by atoms with E-state index in [2.05, 4.69) is 5.32 Å². The summed E-state index contributed by atoms with van der Waals surface area (Å²) < 4.78 is 40.7. The lowest BCUT2D eigenvalue weighted by Crippen LogP contribution is -2.31. The zero-order valence-corrected chi connectivity index (χ0v) is 11.5. The van der Waals surface area contributed by atoms with Crippen LogP contribution in [0.1, 0.15) is 39.5 Å². The van der Waals surface area contributed by atoms with Crippen LogP contribution < -0.4 is 11.1 Å². The molecular formula is C12H19F3N2O3. The molecule has 2 amide bonds. The van der Waals surface area contributed by atoms with Crippen molar-refractivity contribution < 1.29 is 27.5 Å². The van der Waals surface area contributed by atoms with Crippen LogP contribution in [-0.2, 0) is 9.53 Å². The summed E-state index contributed by atoms with van der Waals surface area (Å²) in [6.07, 6.45) is -2.85. The van der Waals surface area contributed by atoms with E-state index >= 15 is 0 Å². The molecule has 0 aromatic heterocycles. The second-order valence-electron chi connectivity index (χ2n) is 4.80. The van der Waals surface area contributed by atoms with E-state index in [1.54, 1.807) is 13.8 Å². The highest BCUT2D eigenvalue weighted by molar-refractivity contribution is 5.75. The molecule has 5 nitrogen and oxygen atoms in total. The third kappa shape index (κ3) is 9.23. The monoisotopic (exact) mass is 296 g/mol. The first-order valence-electron chi connectivity index (χ1n) is 6.09. The average molecular weight is 296 g/mol. The molecule has 0 atom stereocenters. The quantitative estimate of drug-likeness (QED) is 0.722. The fourth-order valence-electron chi connectivity index (χ4n) is 1.49. The number of amides is 2. The van der Waals surface area contributed by atoms with Gasteiger partial charge in [-0.3, -0.25) is 4.79 Å². The van der Waals surface area contributed by atoms with E-state index in [1.165, 1.54) is 0 Å². The SMILES string of the molecule is CC(C)(CCCC(=O)NCCC(F)=C(F)F)OC(N)=O. The van der Waals surface area contributed by atoms with Crippen molar-refractivity contribution in [2.45, 2.75) is 45.1 Å². The molecule has 0 aromatic carbocycles. The molecule has 0 spiro atoms. The fraction of sp³-hybridized carbons (Fsp3) is 0.667. The lowest BCUT2D eigenvalue weighted by molar-refractivity contribution is -0.121. The van der Waals surface area contributed by atoms with E-state index < -0.39 is 30.0 Å². The number of nitrogens with two attached hydrogens (primary N) is 1. The Morgan fingerprint density at radius 2 is 1.80 bits per heavy atom. The predicted molar refractivity (Wildman–Crippen MR) is 66.6 cm³/mol. The number of rotatable bonds is 8. The zero-order valence-electron chi connectivity index (χ0n) is 11.5. The number of ether oxygens (including phenoxy) is 1. The topological polar surface area (TPSA) is 81.4 Å². The van der Waals surface area contributed by atoms with Crippen LogP contribution in [0, 0.1) is 0 Å². The number of hydrogen-bond donors (Lipinski definition) is 2. The van der Waals surface area contributed by atoms with Gasteiger partial charge >= 0.3 is 12.2 Å². The maximum Gasteiger partial charge on any atom is 0.405 e. The van der Waals surface area contributed by atoms with Gasteiger partial charge in [0.1, 0.15) is 5.60 Å². The molecule has 0 radical (unpaired) electrons. The van der Waals surface area contributed by atoms with Crippen molar-refractivity contribution in [2.24, 2.45) is 5.73 Å². The maximum absolute atomic E-state index is 12.4. The van der Waals surface area contributed by atoms with Gasteiger partial charge in [-0.2, -0.15) is 8.78 Å². The summed E-state index contributed by atoms with van der Waals surface area (Å²) in [5.41, 5.74) is 4.11. The molecule has 0 aromatic rings. The van der Waals surface area contributed by atoms with Gasteiger partial charge in [0.25, 0.3) is 0 Å². The van der Waals surface area contributed by atoms with Gasteiger partial charge in [0.2, 0.25) is 5.91 Å². The van der Waals surface area contributed by atoms with Crippen LogP contribution in [0.5, 0.6) is 0 Å². The van der Waals surface area contributed by atoms with Crippen molar-refractivity contribution in [3.63, 3.8) is 0 Å². The first-order valence-corrected chi connectivity index (χ1v) is 6.09. The molecule has 116 valence electrons. The van der Waals surface area contributed by atoms with Crippen molar-refractivity contribution in [1.82, 2.24) is 5.32 Å². The molecule has 0 bridgehead atoms. The number of nitrogens with one attached hydrogen (secondary N) is 1. The fourth-order valence-corrected chi connectivity index (χ4v) is 1.49. The standard InChI is InChI=1S/C12H19F3N2O3/c1-12(2,20-11(16)19)6-3-4-9(18)17-7-5-8(13)10(14)15/h3-7H2,1-2H3,(H2,16,19)(H,17,18). The highest BCUT2D eigenvalue weighted by Crippen LogP contribution is 2.17. The van der Waals surface area contributed by atoms with Crippen LogP contribution in [0.25, 0.3) is 0 Å². The third-order valence-corrected chi connectivity index (χ3v) is 2.43. The van der Waals surface area contributed by atoms with Crippen LogP contribution in [-0.4, -0.2) is 24.1 Å². The van der Waals surface area contributed by atoms with Gasteiger partial charge in [-0.15, -0.1) is 0 Å². The minimum atomic E-state index is -2.37. The molecule has 0 aliphatic heterocycles. The predicted octanol–water partition coefficient (Wildman–Crippen LogP) is 2.61. The molecule has 0 saturated heterocycles. The molecule has 0 aliphatic rings. The lowest BCUT2D eigenvalue weighted by Gasteiger charge is -2.23. The molecule has 0 aliphatic carbocycles. The number of primary amides is 1. The van der Waals surface area contributed by atoms with Crippen molar-refractivity contribution in [2.75, 3.05) is 6.54 Å². The van der Waals surface area contributed by atoms with Crippen molar-refractivity contribution in [3.05, 3.63) is 11.9 Å². The normalized spacial score (nSPS) is 10.8. The van der Waals surface area contributed by atoms with Crippen LogP contribution >= 0.6 is 0 Å². The van der Waals surface area contributed by atoms with Crippen LogP contribution in [0.4, 0.5) is 18.0 Å². The van der Waals surface area contributed by atoms with E-state index in [9.17, 15) is 22.8 Å². The first-order chi connectivity index (χ1) is 9.14. The second-order valence-corrected chi connectivity index (χ2v) is 4.80. The van der Waals surface area contributed by atoms with Crippen molar-refractivity contribution >= 4 is 12.0 Å². The maximum atomic E-state index is 12.4. The summed E-state index contributed by atoms with van der Waals surface area (Å²) in [4.78, 5) is 21.9. The van der Waals surface area contributed by atoms with E-state index in [0.29, 0.717) is 12.8 Å². The molecule has 0 rings (SSSR count). The Morgan fingerprint density at radius 3 is 2.30 bits per heavy atom. The van der Waals surface area contributed by atoms with Crippen LogP contribution in [0.3, 0.4) is 0 Å². The summed E-state index contributed by atoms with van der Waals surface area (Å²) in [5, 5.41) is 2.32. The smallest absolute Gasteiger partial charge is 0.405 e. The summed E-state index contributed by atoms with van der Waals surface area (Å²) in [5.74, 6) is -1.91. The molecule has 0 fully saturated rings. The minimum absolute atomic E-state index is 0.120. The average Bonchev–Trinajstić information content (AvgIpc) is 2.26. The Kier molecular flexibility index (Phi) is 7.71. The van der Waals surface area contributed by atoms with Gasteiger partial charge in [0.15, 0.2) is 5.83 Å². The highest BCUT2D eigenvalue weighted by Gasteiger charge is 2.21. The lowest BCUT2D eigenvalue weighted by atomic mass is 10.0. The van der Waals surface area contributed by atoms with Crippen molar-refractivity contribution in [1.29, 1.82) is 0 Å². The Balaban J connectivity index is 3.84. The van der Waals surface area contributed by atoms with Gasteiger partial charge in [-0.05, 0) is 26.7 Å². The largest absolute Gasteiger partial charge is 0.444 e. The number of carbonyl (C=O) groups excluding carboxylic acids is 2. The molecular weight excluding hydrogens is 277 g/mol. The van der Waals surface area contributed by atoms with E-state index in [-0.39, 0.29) is 18.9 Å². The highest BCUT2D eigenvalue weighted by atomic mass is 19.3. The van der Waals surface area contributed by atoms with Crippen LogP contribution in [0.15, 0.2) is 11.9 Å². The van der Waals surface area contributed by atoms with E-state index in [0.717, 1.165) is 0 Å². The van der Waals surface area contributed by atoms with Gasteiger partial charge in [0.05, 0.1) is 0 Å². The Labute approximate surface area is 115 Å². The van der Waals surface area contributed by atoms with E-state index in [1.807, 2.05) is 0 Å². The Hall–Kier alpha value is -1.73. The zero-order chi connectivity index (χ0) is 15.8. The minimum Gasteiger partial charge on any atom is -0.444 e. The molecule has 20 heavy (non-hydrogen) atoms. The third-order valence-electron chi connectivity index (χ3n) is 2.43. The summed E-state index contributed by atoms with van der Waals surface area (Å²) in [7, 11) is 0. The molecule has 0 unspecified atom stereocenters. The van der Waals surface area contributed by atoms with Crippen LogP contribution in [0.2, 0.25) is 0 Å². The van der Waals surface area contributed by atoms with Gasteiger partial charge in [-0.1, -0.05) is 0 Å². The van der Waals surface area contributed by atoms with Gasteiger partial charge in [-0.25, -0.2) is 9.18 Å². The Morgan fingerprint density at radius 1 is 1.20 bits per heavy atom. The molecule has 8 heteroatoms. The number of carbonyl (C=O) groups is 2. The van der Waals surface area contributed by atoms with E-state index in [4.69, 9.17) is 10.5 Å². The molecule has 0 saturated carbocycles. The summed E-state index contributed by atoms with van der Waals surface area (Å²) in [6.45, 7) is 3.11. The Bertz CT molecular complexity index is 380. The molecule has 0 heterocycles. The first kappa shape index (κ1) is 18.3. The van der Waals surface area contributed by atoms with Gasteiger partial charge in [0, 0.05) is 19.4 Å². The van der Waals surface area contributed by atoms with Crippen molar-refractivity contribution in [3.8, 4) is 0 Å². The summed E-state index contributed by atoms with van der Waals surface area (Å²) in [6, 6.07) is 0. The van der Waals surface area contributed by atoms with Gasteiger partial charge < -0.3 is 15.8 Å². The molecule has 3 N–H and O–H groups in total. The second kappa shape index (κ2) is 8.44.